The molecule has 0 bridgehead atoms. The number of hydrogen-bond acceptors (Lipinski definition) is 7. The number of para-hydroxylation sites is 1. The molecule has 1 unspecified atom stereocenters. The molecule has 10 heteroatoms. The maximum atomic E-state index is 12.7. The normalized spacial score (nSPS) is 15.9. The fourth-order valence-corrected chi connectivity index (χ4v) is 4.43. The molecule has 1 amide bonds. The van der Waals surface area contributed by atoms with Crippen LogP contribution in [-0.4, -0.2) is 39.2 Å². The van der Waals surface area contributed by atoms with E-state index in [1.54, 1.807) is 38.5 Å². The largest absolute Gasteiger partial charge is 1.00 e. The molecule has 0 aromatic heterocycles. The topological polar surface area (TPSA) is 106 Å². The zero-order valence-corrected chi connectivity index (χ0v) is 23.6. The maximum Gasteiger partial charge on any atom is 1.00 e. The number of carbonyl (C=O) groups excluding carboxylic acids is 2. The van der Waals surface area contributed by atoms with E-state index in [1.807, 2.05) is 18.2 Å². The molecule has 3 aromatic rings. The molecule has 4 rings (SSSR count). The summed E-state index contributed by atoms with van der Waals surface area (Å²) >= 11 is 6.41. The van der Waals surface area contributed by atoms with Gasteiger partial charge in [0.15, 0.2) is 5.60 Å². The Hall–Kier alpha value is -2.91. The van der Waals surface area contributed by atoms with Gasteiger partial charge in [0.1, 0.15) is 23.0 Å². The van der Waals surface area contributed by atoms with Gasteiger partial charge in [0.25, 0.3) is 5.91 Å². The second kappa shape index (κ2) is 12.6. The van der Waals surface area contributed by atoms with E-state index in [9.17, 15) is 14.7 Å². The number of hydrogen-bond donors (Lipinski definition) is 1. The summed E-state index contributed by atoms with van der Waals surface area (Å²) in [6.45, 7) is 0.468. The molecule has 1 N–H and O–H groups in total. The smallest absolute Gasteiger partial charge is 0.545 e. The van der Waals surface area contributed by atoms with Crippen molar-refractivity contribution in [2.45, 2.75) is 18.4 Å². The van der Waals surface area contributed by atoms with Crippen LogP contribution in [-0.2, 0) is 16.8 Å². The van der Waals surface area contributed by atoms with Crippen molar-refractivity contribution in [2.24, 2.45) is 0 Å². The Morgan fingerprint density at radius 1 is 1.03 bits per heavy atom. The van der Waals surface area contributed by atoms with Crippen LogP contribution in [0.15, 0.2) is 60.7 Å². The minimum absolute atomic E-state index is 0. The van der Waals surface area contributed by atoms with Crippen LogP contribution in [0.2, 0.25) is 5.02 Å². The van der Waals surface area contributed by atoms with Gasteiger partial charge in [-0.15, -0.1) is 0 Å². The van der Waals surface area contributed by atoms with Gasteiger partial charge in [-0.3, -0.25) is 4.79 Å². The van der Waals surface area contributed by atoms with Gasteiger partial charge in [0.2, 0.25) is 0 Å². The van der Waals surface area contributed by atoms with Gasteiger partial charge in [-0.2, -0.15) is 0 Å². The SMILES string of the molecule is COc1cccc(OC)c1CCNC(=O)c1ccc(OC2(C(=O)[O-])CCOc3ccccc32)c(Cl)c1.[Na+]. The van der Waals surface area contributed by atoms with Crippen LogP contribution in [0.4, 0.5) is 0 Å². The molecule has 1 aliphatic rings. The van der Waals surface area contributed by atoms with Gasteiger partial charge in [-0.1, -0.05) is 35.9 Å². The van der Waals surface area contributed by atoms with Crippen molar-refractivity contribution in [3.63, 3.8) is 0 Å². The van der Waals surface area contributed by atoms with E-state index in [0.717, 1.165) is 5.56 Å². The molecule has 1 atom stereocenters. The molecule has 0 fully saturated rings. The van der Waals surface area contributed by atoms with Crippen molar-refractivity contribution >= 4 is 23.5 Å². The first-order chi connectivity index (χ1) is 17.4. The molecule has 0 saturated heterocycles. The number of fused-ring (bicyclic) bond motifs is 1. The molecule has 0 saturated carbocycles. The Labute approximate surface area is 242 Å². The zero-order chi connectivity index (χ0) is 25.7. The van der Waals surface area contributed by atoms with E-state index in [2.05, 4.69) is 5.32 Å². The summed E-state index contributed by atoms with van der Waals surface area (Å²) in [7, 11) is 3.15. The van der Waals surface area contributed by atoms with E-state index in [0.29, 0.717) is 41.3 Å². The minimum atomic E-state index is -1.77. The molecule has 0 spiro atoms. The van der Waals surface area contributed by atoms with E-state index in [-0.39, 0.29) is 59.3 Å². The Morgan fingerprint density at radius 3 is 2.38 bits per heavy atom. The average Bonchev–Trinajstić information content (AvgIpc) is 2.89. The van der Waals surface area contributed by atoms with Crippen LogP contribution in [0.3, 0.4) is 0 Å². The number of carboxylic acids is 1. The Kier molecular flexibility index (Phi) is 9.73. The van der Waals surface area contributed by atoms with Crippen molar-refractivity contribution < 1.29 is 63.2 Å². The molecule has 8 nitrogen and oxygen atoms in total. The molecule has 1 aliphatic heterocycles. The van der Waals surface area contributed by atoms with Gasteiger partial charge in [0, 0.05) is 29.7 Å². The van der Waals surface area contributed by atoms with E-state index >= 15 is 0 Å². The summed E-state index contributed by atoms with van der Waals surface area (Å²) in [4.78, 5) is 25.0. The summed E-state index contributed by atoms with van der Waals surface area (Å²) in [5, 5.41) is 15.2. The zero-order valence-electron chi connectivity index (χ0n) is 20.8. The van der Waals surface area contributed by atoms with Gasteiger partial charge < -0.3 is 34.2 Å². The molecule has 0 radical (unpaired) electrons. The quantitative estimate of drug-likeness (QED) is 0.390. The predicted molar refractivity (Wildman–Crippen MR) is 131 cm³/mol. The maximum absolute atomic E-state index is 12.7. The predicted octanol–water partition coefficient (Wildman–Crippen LogP) is 0.140. The Morgan fingerprint density at radius 2 is 1.73 bits per heavy atom. The van der Waals surface area contributed by atoms with Crippen molar-refractivity contribution in [1.29, 1.82) is 0 Å². The van der Waals surface area contributed by atoms with E-state index in [1.165, 1.54) is 18.2 Å². The number of nitrogens with one attached hydrogen (secondary N) is 1. The van der Waals surface area contributed by atoms with Gasteiger partial charge in [-0.25, -0.2) is 0 Å². The summed E-state index contributed by atoms with van der Waals surface area (Å²) in [6.07, 6.45) is 0.529. The molecule has 188 valence electrons. The summed E-state index contributed by atoms with van der Waals surface area (Å²) in [5.41, 5.74) is -0.278. The Balaban J connectivity index is 0.00000380. The van der Waals surface area contributed by atoms with Crippen LogP contribution in [0.1, 0.15) is 27.9 Å². The fourth-order valence-electron chi connectivity index (χ4n) is 4.22. The van der Waals surface area contributed by atoms with E-state index in [4.69, 9.17) is 30.5 Å². The van der Waals surface area contributed by atoms with Crippen molar-refractivity contribution in [2.75, 3.05) is 27.4 Å². The molecule has 1 heterocycles. The third kappa shape index (κ3) is 5.99. The third-order valence-electron chi connectivity index (χ3n) is 6.03. The van der Waals surface area contributed by atoms with E-state index < -0.39 is 11.6 Å². The van der Waals surface area contributed by atoms with Gasteiger partial charge in [0.05, 0.1) is 31.8 Å². The van der Waals surface area contributed by atoms with Crippen LogP contribution in [0, 0.1) is 0 Å². The molecule has 37 heavy (non-hydrogen) atoms. The van der Waals surface area contributed by atoms with Crippen LogP contribution < -0.4 is 58.9 Å². The molecular weight excluding hydrogens is 509 g/mol. The molecule has 3 aromatic carbocycles. The standard InChI is InChI=1S/C27H26ClNO7.Na/c1-33-21-8-5-9-22(34-2)18(21)12-14-29-25(30)17-10-11-24(20(28)16-17)36-27(26(31)32)13-15-35-23-7-4-3-6-19(23)27;/h3-11,16H,12-15H2,1-2H3,(H,29,30)(H,31,32);/q;+1/p-1. The number of benzene rings is 3. The number of methoxy groups -OCH3 is 2. The number of carboxylic acid groups (broad SMARTS) is 1. The number of amides is 1. The van der Waals surface area contributed by atoms with Gasteiger partial charge >= 0.3 is 29.6 Å². The summed E-state index contributed by atoms with van der Waals surface area (Å²) < 4.78 is 22.3. The van der Waals surface area contributed by atoms with Crippen molar-refractivity contribution in [1.82, 2.24) is 5.32 Å². The molecule has 0 aliphatic carbocycles. The number of aliphatic carboxylic acids is 1. The van der Waals surface area contributed by atoms with Crippen molar-refractivity contribution in [3.05, 3.63) is 82.4 Å². The molecular formula is C27H25ClNNaO7. The third-order valence-corrected chi connectivity index (χ3v) is 6.33. The minimum Gasteiger partial charge on any atom is -0.545 e. The number of ether oxygens (including phenoxy) is 4. The average molecular weight is 534 g/mol. The van der Waals surface area contributed by atoms with Crippen molar-refractivity contribution in [3.8, 4) is 23.0 Å². The second-order valence-corrected chi connectivity index (χ2v) is 8.51. The first kappa shape index (κ1) is 28.7. The van der Waals surface area contributed by atoms with Crippen LogP contribution in [0.25, 0.3) is 0 Å². The summed E-state index contributed by atoms with van der Waals surface area (Å²) in [6, 6.07) is 16.7. The first-order valence-electron chi connectivity index (χ1n) is 11.3. The monoisotopic (exact) mass is 533 g/mol. The van der Waals surface area contributed by atoms with Gasteiger partial charge in [-0.05, 0) is 42.8 Å². The first-order valence-corrected chi connectivity index (χ1v) is 11.7. The number of rotatable bonds is 9. The number of halogens is 1. The summed E-state index contributed by atoms with van der Waals surface area (Å²) in [5.74, 6) is 0.125. The van der Waals surface area contributed by atoms with Crippen LogP contribution in [0.5, 0.6) is 23.0 Å². The second-order valence-electron chi connectivity index (χ2n) is 8.10. The van der Waals surface area contributed by atoms with Crippen LogP contribution >= 0.6 is 11.6 Å². The number of carbonyl (C=O) groups is 2. The fraction of sp³-hybridized carbons (Fsp3) is 0.259. The Bertz CT molecular complexity index is 1260.